The molecule has 1 N–H and O–H groups in total. The number of piperidine rings is 1. The second-order valence-electron chi connectivity index (χ2n) is 4.29. The van der Waals surface area contributed by atoms with Crippen molar-refractivity contribution in [2.45, 2.75) is 19.0 Å². The third-order valence-electron chi connectivity index (χ3n) is 2.99. The highest BCUT2D eigenvalue weighted by Crippen LogP contribution is 2.33. The highest BCUT2D eigenvalue weighted by Gasteiger charge is 2.43. The number of hydrogen-bond donors (Lipinski definition) is 1. The third kappa shape index (κ3) is 3.14. The third-order valence-corrected chi connectivity index (χ3v) is 3.92. The van der Waals surface area contributed by atoms with E-state index in [0.29, 0.717) is 18.1 Å². The summed E-state index contributed by atoms with van der Waals surface area (Å²) in [6, 6.07) is 0. The maximum atomic E-state index is 12.7. The van der Waals surface area contributed by atoms with Crippen molar-refractivity contribution < 1.29 is 18.0 Å². The first-order valence-electron chi connectivity index (χ1n) is 5.79. The lowest BCUT2D eigenvalue weighted by atomic mass is 9.97. The first kappa shape index (κ1) is 14.0. The minimum atomic E-state index is -4.25. The fourth-order valence-electron chi connectivity index (χ4n) is 1.97. The van der Waals surface area contributed by atoms with E-state index >= 15 is 0 Å². The normalized spacial score (nSPS) is 20.4. The van der Waals surface area contributed by atoms with Crippen LogP contribution in [-0.2, 0) is 0 Å². The van der Waals surface area contributed by atoms with E-state index in [0.717, 1.165) is 11.3 Å². The summed E-state index contributed by atoms with van der Waals surface area (Å²) in [6.07, 6.45) is -3.82. The van der Waals surface area contributed by atoms with Crippen LogP contribution in [0.25, 0.3) is 0 Å². The van der Waals surface area contributed by atoms with Gasteiger partial charge in [0.15, 0.2) is 0 Å². The minimum absolute atomic E-state index is 0.0746. The van der Waals surface area contributed by atoms with Crippen LogP contribution in [0.2, 0.25) is 0 Å². The molecule has 1 fully saturated rings. The maximum absolute atomic E-state index is 12.7. The summed E-state index contributed by atoms with van der Waals surface area (Å²) in [6.45, 7) is 0.0384. The summed E-state index contributed by atoms with van der Waals surface area (Å²) >= 11 is 1.04. The SMILES string of the molecule is CNc1nnc(C(=O)N2CCCC(C(F)(F)F)C2)s1. The van der Waals surface area contributed by atoms with Crippen LogP contribution in [0.3, 0.4) is 0 Å². The van der Waals surface area contributed by atoms with Gasteiger partial charge in [-0.05, 0) is 12.8 Å². The molecule has 0 radical (unpaired) electrons. The van der Waals surface area contributed by atoms with Crippen molar-refractivity contribution in [1.82, 2.24) is 15.1 Å². The Bertz CT molecular complexity index is 462. The van der Waals surface area contributed by atoms with Crippen molar-refractivity contribution in [2.24, 2.45) is 5.92 Å². The molecule has 1 aliphatic heterocycles. The van der Waals surface area contributed by atoms with Crippen LogP contribution in [0, 0.1) is 5.92 Å². The standard InChI is InChI=1S/C10H13F3N4OS/c1-14-9-16-15-7(19-9)8(18)17-4-2-3-6(5-17)10(11,12)13/h6H,2-5H2,1H3,(H,14,16). The quantitative estimate of drug-likeness (QED) is 0.906. The van der Waals surface area contributed by atoms with E-state index in [1.165, 1.54) is 4.90 Å². The first-order valence-corrected chi connectivity index (χ1v) is 6.60. The molecule has 1 atom stereocenters. The summed E-state index contributed by atoms with van der Waals surface area (Å²) in [5.41, 5.74) is 0. The topological polar surface area (TPSA) is 58.1 Å². The van der Waals surface area contributed by atoms with E-state index in [9.17, 15) is 18.0 Å². The Morgan fingerprint density at radius 2 is 2.21 bits per heavy atom. The number of rotatable bonds is 2. The number of nitrogens with zero attached hydrogens (tertiary/aromatic N) is 3. The lowest BCUT2D eigenvalue weighted by Crippen LogP contribution is -2.44. The molecule has 9 heteroatoms. The zero-order valence-electron chi connectivity index (χ0n) is 10.2. The van der Waals surface area contributed by atoms with Gasteiger partial charge in [-0.2, -0.15) is 13.2 Å². The zero-order valence-corrected chi connectivity index (χ0v) is 11.0. The number of anilines is 1. The second-order valence-corrected chi connectivity index (χ2v) is 5.27. The minimum Gasteiger partial charge on any atom is -0.363 e. The lowest BCUT2D eigenvalue weighted by Gasteiger charge is -2.33. The summed E-state index contributed by atoms with van der Waals surface area (Å²) in [5.74, 6) is -1.92. The van der Waals surface area contributed by atoms with Crippen molar-refractivity contribution in [3.8, 4) is 0 Å². The number of carbonyl (C=O) groups is 1. The van der Waals surface area contributed by atoms with Gasteiger partial charge >= 0.3 is 6.18 Å². The Kier molecular flexibility index (Phi) is 3.93. The van der Waals surface area contributed by atoms with Crippen LogP contribution in [0.1, 0.15) is 22.6 Å². The highest BCUT2D eigenvalue weighted by atomic mass is 32.1. The second kappa shape index (κ2) is 5.32. The smallest absolute Gasteiger partial charge is 0.363 e. The monoisotopic (exact) mass is 294 g/mol. The molecular weight excluding hydrogens is 281 g/mol. The Morgan fingerprint density at radius 1 is 1.47 bits per heavy atom. The van der Waals surface area contributed by atoms with Gasteiger partial charge < -0.3 is 10.2 Å². The van der Waals surface area contributed by atoms with Crippen LogP contribution >= 0.6 is 11.3 Å². The van der Waals surface area contributed by atoms with Gasteiger partial charge in [0.2, 0.25) is 10.1 Å². The molecule has 1 saturated heterocycles. The summed E-state index contributed by atoms with van der Waals surface area (Å²) in [4.78, 5) is 13.3. The van der Waals surface area contributed by atoms with E-state index in [4.69, 9.17) is 0 Å². The summed E-state index contributed by atoms with van der Waals surface area (Å²) in [7, 11) is 1.63. The molecule has 106 valence electrons. The Morgan fingerprint density at radius 3 is 2.79 bits per heavy atom. The molecular formula is C10H13F3N4OS. The molecule has 19 heavy (non-hydrogen) atoms. The predicted molar refractivity (Wildman–Crippen MR) is 64.1 cm³/mol. The first-order chi connectivity index (χ1) is 8.91. The van der Waals surface area contributed by atoms with Gasteiger partial charge in [0.1, 0.15) is 0 Å². The average molecular weight is 294 g/mol. The zero-order chi connectivity index (χ0) is 14.0. The number of amides is 1. The number of hydrogen-bond acceptors (Lipinski definition) is 5. The van der Waals surface area contributed by atoms with Crippen LogP contribution in [0.15, 0.2) is 0 Å². The molecule has 1 aromatic rings. The molecule has 0 aliphatic carbocycles. The fourth-order valence-corrected chi connectivity index (χ4v) is 2.64. The van der Waals surface area contributed by atoms with E-state index < -0.39 is 18.0 Å². The molecule has 0 spiro atoms. The molecule has 1 unspecified atom stereocenters. The number of aromatic nitrogens is 2. The lowest BCUT2D eigenvalue weighted by molar-refractivity contribution is -0.184. The largest absolute Gasteiger partial charge is 0.393 e. The highest BCUT2D eigenvalue weighted by molar-refractivity contribution is 7.17. The molecule has 0 bridgehead atoms. The van der Waals surface area contributed by atoms with Crippen molar-refractivity contribution in [2.75, 3.05) is 25.5 Å². The summed E-state index contributed by atoms with van der Waals surface area (Å²) < 4.78 is 38.0. The van der Waals surface area contributed by atoms with Gasteiger partial charge in [0.05, 0.1) is 5.92 Å². The number of halogens is 3. The summed E-state index contributed by atoms with van der Waals surface area (Å²) in [5, 5.41) is 10.7. The molecule has 5 nitrogen and oxygen atoms in total. The van der Waals surface area contributed by atoms with Gasteiger partial charge in [-0.1, -0.05) is 11.3 Å². The van der Waals surface area contributed by atoms with Gasteiger partial charge in [-0.3, -0.25) is 4.79 Å². The number of carbonyl (C=O) groups excluding carboxylic acids is 1. The molecule has 1 amide bonds. The van der Waals surface area contributed by atoms with Crippen molar-refractivity contribution in [1.29, 1.82) is 0 Å². The number of alkyl halides is 3. The van der Waals surface area contributed by atoms with Gasteiger partial charge in [0, 0.05) is 20.1 Å². The van der Waals surface area contributed by atoms with Gasteiger partial charge in [-0.25, -0.2) is 0 Å². The molecule has 2 heterocycles. The maximum Gasteiger partial charge on any atom is 0.393 e. The number of nitrogens with one attached hydrogen (secondary N) is 1. The van der Waals surface area contributed by atoms with Crippen LogP contribution in [-0.4, -0.2) is 47.3 Å². The molecule has 1 aliphatic rings. The van der Waals surface area contributed by atoms with Crippen LogP contribution < -0.4 is 5.32 Å². The van der Waals surface area contributed by atoms with E-state index in [2.05, 4.69) is 15.5 Å². The fraction of sp³-hybridized carbons (Fsp3) is 0.700. The predicted octanol–water partition coefficient (Wildman–Crippen LogP) is 1.99. The van der Waals surface area contributed by atoms with E-state index in [1.54, 1.807) is 7.05 Å². The van der Waals surface area contributed by atoms with Crippen LogP contribution in [0.4, 0.5) is 18.3 Å². The van der Waals surface area contributed by atoms with Crippen LogP contribution in [0.5, 0.6) is 0 Å². The van der Waals surface area contributed by atoms with E-state index in [1.807, 2.05) is 0 Å². The Hall–Kier alpha value is -1.38. The van der Waals surface area contributed by atoms with Crippen molar-refractivity contribution in [3.63, 3.8) is 0 Å². The average Bonchev–Trinajstić information content (AvgIpc) is 2.86. The molecule has 0 aromatic carbocycles. The number of likely N-dealkylation sites (tertiary alicyclic amines) is 1. The van der Waals surface area contributed by atoms with Crippen molar-refractivity contribution in [3.05, 3.63) is 5.01 Å². The Balaban J connectivity index is 2.07. The van der Waals surface area contributed by atoms with Gasteiger partial charge in [-0.15, -0.1) is 10.2 Å². The molecule has 2 rings (SSSR count). The molecule has 0 saturated carbocycles. The van der Waals surface area contributed by atoms with Crippen molar-refractivity contribution >= 4 is 22.4 Å². The molecule has 1 aromatic heterocycles. The van der Waals surface area contributed by atoms with E-state index in [-0.39, 0.29) is 18.0 Å². The Labute approximate surface area is 111 Å². The van der Waals surface area contributed by atoms with Gasteiger partial charge in [0.25, 0.3) is 5.91 Å².